The van der Waals surface area contributed by atoms with Crippen LogP contribution in [0, 0.1) is 0 Å². The maximum Gasteiger partial charge on any atom is 0.240 e. The van der Waals surface area contributed by atoms with Crippen molar-refractivity contribution in [2.24, 2.45) is 0 Å². The van der Waals surface area contributed by atoms with Crippen LogP contribution in [-0.4, -0.2) is 50.0 Å². The van der Waals surface area contributed by atoms with Gasteiger partial charge in [0.05, 0.1) is 18.2 Å². The maximum atomic E-state index is 11.7. The molecule has 15 heavy (non-hydrogen) atoms. The van der Waals surface area contributed by atoms with E-state index < -0.39 is 5.54 Å². The summed E-state index contributed by atoms with van der Waals surface area (Å²) in [6.45, 7) is 4.04. The summed E-state index contributed by atoms with van der Waals surface area (Å²) >= 11 is 0. The van der Waals surface area contributed by atoms with Crippen LogP contribution in [0.4, 0.5) is 0 Å². The standard InChI is InChI=1S/C10H22N2O3/c1-10(2,11-3)9(14)12-8(5-6-13)7-15-4/h8,11,13H,5-7H2,1-4H3,(H,12,14). The molecule has 0 spiro atoms. The van der Waals surface area contributed by atoms with E-state index in [9.17, 15) is 4.79 Å². The molecule has 0 aliphatic rings. The second-order valence-electron chi connectivity index (χ2n) is 4.01. The lowest BCUT2D eigenvalue weighted by Gasteiger charge is -2.26. The van der Waals surface area contributed by atoms with Crippen molar-refractivity contribution in [2.45, 2.75) is 31.8 Å². The Morgan fingerprint density at radius 1 is 1.53 bits per heavy atom. The van der Waals surface area contributed by atoms with Gasteiger partial charge in [-0.15, -0.1) is 0 Å². The molecule has 0 bridgehead atoms. The van der Waals surface area contributed by atoms with E-state index in [1.807, 2.05) is 0 Å². The van der Waals surface area contributed by atoms with Gasteiger partial charge < -0.3 is 20.5 Å². The largest absolute Gasteiger partial charge is 0.396 e. The number of aliphatic hydroxyl groups is 1. The highest BCUT2D eigenvalue weighted by Gasteiger charge is 2.26. The van der Waals surface area contributed by atoms with Crippen molar-refractivity contribution < 1.29 is 14.6 Å². The third kappa shape index (κ3) is 5.11. The number of likely N-dealkylation sites (N-methyl/N-ethyl adjacent to an activating group) is 1. The summed E-state index contributed by atoms with van der Waals surface area (Å²) < 4.78 is 4.96. The van der Waals surface area contributed by atoms with Gasteiger partial charge in [-0.25, -0.2) is 0 Å². The zero-order valence-electron chi connectivity index (χ0n) is 9.96. The van der Waals surface area contributed by atoms with E-state index in [0.717, 1.165) is 0 Å². The van der Waals surface area contributed by atoms with Gasteiger partial charge in [0.2, 0.25) is 5.91 Å². The van der Waals surface area contributed by atoms with Crippen LogP contribution in [-0.2, 0) is 9.53 Å². The molecule has 0 aromatic rings. The van der Waals surface area contributed by atoms with Crippen molar-refractivity contribution in [3.63, 3.8) is 0 Å². The topological polar surface area (TPSA) is 70.6 Å². The molecule has 5 nitrogen and oxygen atoms in total. The number of aliphatic hydroxyl groups excluding tert-OH is 1. The molecule has 1 unspecified atom stereocenters. The van der Waals surface area contributed by atoms with Gasteiger partial charge in [0.25, 0.3) is 0 Å². The van der Waals surface area contributed by atoms with Gasteiger partial charge >= 0.3 is 0 Å². The molecule has 0 rings (SSSR count). The van der Waals surface area contributed by atoms with Crippen molar-refractivity contribution in [1.82, 2.24) is 10.6 Å². The lowest BCUT2D eigenvalue weighted by atomic mass is 10.0. The average Bonchev–Trinajstić information content (AvgIpc) is 2.18. The van der Waals surface area contributed by atoms with E-state index in [-0.39, 0.29) is 18.6 Å². The second-order valence-corrected chi connectivity index (χ2v) is 4.01. The molecule has 1 amide bonds. The van der Waals surface area contributed by atoms with Crippen LogP contribution in [0.25, 0.3) is 0 Å². The van der Waals surface area contributed by atoms with Gasteiger partial charge in [0.1, 0.15) is 0 Å². The van der Waals surface area contributed by atoms with E-state index in [0.29, 0.717) is 13.0 Å². The number of hydrogen-bond acceptors (Lipinski definition) is 4. The first-order valence-electron chi connectivity index (χ1n) is 5.07. The van der Waals surface area contributed by atoms with Crippen molar-refractivity contribution in [3.05, 3.63) is 0 Å². The number of carbonyl (C=O) groups excluding carboxylic acids is 1. The fourth-order valence-corrected chi connectivity index (χ4v) is 1.03. The van der Waals surface area contributed by atoms with Crippen molar-refractivity contribution >= 4 is 5.91 Å². The molecule has 0 aliphatic heterocycles. The van der Waals surface area contributed by atoms with E-state index >= 15 is 0 Å². The number of amides is 1. The predicted octanol–water partition coefficient (Wildman–Crippen LogP) is -0.502. The van der Waals surface area contributed by atoms with E-state index in [4.69, 9.17) is 9.84 Å². The molecule has 0 aromatic carbocycles. The first-order chi connectivity index (χ1) is 6.97. The predicted molar refractivity (Wildman–Crippen MR) is 58.6 cm³/mol. The minimum Gasteiger partial charge on any atom is -0.396 e. The normalized spacial score (nSPS) is 13.7. The van der Waals surface area contributed by atoms with Gasteiger partial charge in [0.15, 0.2) is 0 Å². The van der Waals surface area contributed by atoms with Crippen LogP contribution in [0.15, 0.2) is 0 Å². The van der Waals surface area contributed by atoms with E-state index in [1.165, 1.54) is 0 Å². The molecular weight excluding hydrogens is 196 g/mol. The molecular formula is C10H22N2O3. The molecule has 5 heteroatoms. The monoisotopic (exact) mass is 218 g/mol. The van der Waals surface area contributed by atoms with E-state index in [1.54, 1.807) is 28.0 Å². The fraction of sp³-hybridized carbons (Fsp3) is 0.900. The number of hydrogen-bond donors (Lipinski definition) is 3. The van der Waals surface area contributed by atoms with Crippen LogP contribution >= 0.6 is 0 Å². The van der Waals surface area contributed by atoms with Gasteiger partial charge in [-0.2, -0.15) is 0 Å². The first kappa shape index (κ1) is 14.3. The van der Waals surface area contributed by atoms with Crippen LogP contribution in [0.3, 0.4) is 0 Å². The molecule has 0 radical (unpaired) electrons. The Morgan fingerprint density at radius 3 is 2.53 bits per heavy atom. The fourth-order valence-electron chi connectivity index (χ4n) is 1.03. The summed E-state index contributed by atoms with van der Waals surface area (Å²) in [6.07, 6.45) is 0.499. The minimum atomic E-state index is -0.610. The van der Waals surface area contributed by atoms with Gasteiger partial charge in [-0.1, -0.05) is 0 Å². The number of ether oxygens (including phenoxy) is 1. The minimum absolute atomic E-state index is 0.0360. The second kappa shape index (κ2) is 6.76. The highest BCUT2D eigenvalue weighted by Crippen LogP contribution is 2.02. The number of nitrogens with one attached hydrogen (secondary N) is 2. The van der Waals surface area contributed by atoms with Gasteiger partial charge in [-0.3, -0.25) is 4.79 Å². The van der Waals surface area contributed by atoms with Gasteiger partial charge in [0, 0.05) is 13.7 Å². The zero-order chi connectivity index (χ0) is 11.9. The number of carbonyl (C=O) groups is 1. The van der Waals surface area contributed by atoms with Crippen molar-refractivity contribution in [3.8, 4) is 0 Å². The smallest absolute Gasteiger partial charge is 0.240 e. The molecule has 0 saturated carbocycles. The lowest BCUT2D eigenvalue weighted by Crippen LogP contribution is -2.54. The summed E-state index contributed by atoms with van der Waals surface area (Å²) in [4.78, 5) is 11.7. The van der Waals surface area contributed by atoms with Gasteiger partial charge in [-0.05, 0) is 27.3 Å². The summed E-state index contributed by atoms with van der Waals surface area (Å²) in [6, 6.07) is -0.139. The summed E-state index contributed by atoms with van der Waals surface area (Å²) in [5.41, 5.74) is -0.610. The highest BCUT2D eigenvalue weighted by atomic mass is 16.5. The SMILES string of the molecule is CNC(C)(C)C(=O)NC(CCO)COC. The van der Waals surface area contributed by atoms with Crippen LogP contribution in [0.5, 0.6) is 0 Å². The van der Waals surface area contributed by atoms with Crippen molar-refractivity contribution in [2.75, 3.05) is 27.4 Å². The molecule has 0 aromatic heterocycles. The molecule has 0 aliphatic carbocycles. The van der Waals surface area contributed by atoms with Crippen LogP contribution in [0.1, 0.15) is 20.3 Å². The molecule has 1 atom stereocenters. The van der Waals surface area contributed by atoms with E-state index in [2.05, 4.69) is 10.6 Å². The first-order valence-corrected chi connectivity index (χ1v) is 5.07. The van der Waals surface area contributed by atoms with Crippen LogP contribution in [0.2, 0.25) is 0 Å². The Hall–Kier alpha value is -0.650. The van der Waals surface area contributed by atoms with Crippen molar-refractivity contribution in [1.29, 1.82) is 0 Å². The highest BCUT2D eigenvalue weighted by molar-refractivity contribution is 5.85. The Bertz CT molecular complexity index is 189. The molecule has 0 heterocycles. The Morgan fingerprint density at radius 2 is 2.13 bits per heavy atom. The zero-order valence-corrected chi connectivity index (χ0v) is 9.96. The third-order valence-corrected chi connectivity index (χ3v) is 2.37. The quantitative estimate of drug-likeness (QED) is 0.538. The Labute approximate surface area is 91.2 Å². The van der Waals surface area contributed by atoms with Crippen LogP contribution < -0.4 is 10.6 Å². The third-order valence-electron chi connectivity index (χ3n) is 2.37. The molecule has 0 fully saturated rings. The summed E-state index contributed by atoms with van der Waals surface area (Å²) in [7, 11) is 3.30. The molecule has 90 valence electrons. The summed E-state index contributed by atoms with van der Waals surface area (Å²) in [5, 5.41) is 14.6. The summed E-state index contributed by atoms with van der Waals surface area (Å²) in [5.74, 6) is -0.0968. The number of rotatable bonds is 7. The lowest BCUT2D eigenvalue weighted by molar-refractivity contribution is -0.127. The molecule has 0 saturated heterocycles. The number of methoxy groups -OCH3 is 1. The molecule has 3 N–H and O–H groups in total. The maximum absolute atomic E-state index is 11.7. The Kier molecular flexibility index (Phi) is 6.47. The Balaban J connectivity index is 4.21. The average molecular weight is 218 g/mol.